The number of rotatable bonds is 5. The van der Waals surface area contributed by atoms with E-state index >= 15 is 0 Å². The third-order valence-corrected chi connectivity index (χ3v) is 4.55. The molecule has 1 aromatic carbocycles. The summed E-state index contributed by atoms with van der Waals surface area (Å²) in [6.45, 7) is 2.01. The molecule has 21 heavy (non-hydrogen) atoms. The van der Waals surface area contributed by atoms with E-state index in [2.05, 4.69) is 9.82 Å². The van der Waals surface area contributed by atoms with Gasteiger partial charge in [0.1, 0.15) is 0 Å². The maximum Gasteiger partial charge on any atom is 0.240 e. The molecule has 0 radical (unpaired) electrons. The lowest BCUT2D eigenvalue weighted by Gasteiger charge is -2.07. The molecule has 6 nitrogen and oxygen atoms in total. The second-order valence-corrected chi connectivity index (χ2v) is 6.53. The van der Waals surface area contributed by atoms with Crippen molar-refractivity contribution in [3.63, 3.8) is 0 Å². The molecule has 0 saturated heterocycles. The predicted octanol–water partition coefficient (Wildman–Crippen LogP) is 1.12. The summed E-state index contributed by atoms with van der Waals surface area (Å²) >= 11 is 0. The normalized spacial score (nSPS) is 11.3. The Kier molecular flexibility index (Phi) is 4.40. The van der Waals surface area contributed by atoms with E-state index in [9.17, 15) is 8.42 Å². The van der Waals surface area contributed by atoms with Gasteiger partial charge in [-0.05, 0) is 42.7 Å². The zero-order valence-electron chi connectivity index (χ0n) is 11.9. The number of benzene rings is 1. The molecule has 0 atom stereocenters. The average Bonchev–Trinajstić information content (AvgIpc) is 2.84. The first kappa shape index (κ1) is 15.2. The van der Waals surface area contributed by atoms with Gasteiger partial charge in [-0.2, -0.15) is 10.4 Å². The minimum atomic E-state index is -3.56. The Morgan fingerprint density at radius 1 is 1.43 bits per heavy atom. The summed E-state index contributed by atoms with van der Waals surface area (Å²) in [5.41, 5.74) is 2.09. The number of hydrogen-bond donors (Lipinski definition) is 1. The molecule has 0 saturated carbocycles. The van der Waals surface area contributed by atoms with E-state index in [1.165, 1.54) is 18.2 Å². The molecule has 0 unspecified atom stereocenters. The second kappa shape index (κ2) is 6.08. The van der Waals surface area contributed by atoms with Crippen molar-refractivity contribution in [3.05, 3.63) is 47.3 Å². The highest BCUT2D eigenvalue weighted by molar-refractivity contribution is 7.89. The van der Waals surface area contributed by atoms with E-state index in [1.54, 1.807) is 17.8 Å². The first-order chi connectivity index (χ1) is 9.92. The molecular weight excluding hydrogens is 288 g/mol. The standard InChI is InChI=1S/C14H16N4O2S/c1-11-7-14(4-3-13(11)8-15)21(19,20)17-6-5-12-9-16-18(2)10-12/h3-4,7,9-10,17H,5-6H2,1-2H3. The highest BCUT2D eigenvalue weighted by Gasteiger charge is 2.14. The quantitative estimate of drug-likeness (QED) is 0.896. The molecule has 1 heterocycles. The number of aryl methyl sites for hydroxylation is 2. The molecule has 0 aliphatic carbocycles. The van der Waals surface area contributed by atoms with E-state index in [0.29, 0.717) is 24.1 Å². The molecule has 0 amide bonds. The van der Waals surface area contributed by atoms with E-state index in [1.807, 2.05) is 19.3 Å². The molecule has 110 valence electrons. The van der Waals surface area contributed by atoms with Crippen LogP contribution in [0.15, 0.2) is 35.5 Å². The van der Waals surface area contributed by atoms with Crippen molar-refractivity contribution in [2.24, 2.45) is 7.05 Å². The van der Waals surface area contributed by atoms with Crippen molar-refractivity contribution in [2.45, 2.75) is 18.2 Å². The van der Waals surface area contributed by atoms with Crippen molar-refractivity contribution in [3.8, 4) is 6.07 Å². The Bertz CT molecular complexity index is 788. The number of nitrogens with zero attached hydrogens (tertiary/aromatic N) is 3. The molecule has 0 aliphatic heterocycles. The Hall–Kier alpha value is -2.17. The van der Waals surface area contributed by atoms with Gasteiger partial charge in [0.2, 0.25) is 10.0 Å². The van der Waals surface area contributed by atoms with Crippen LogP contribution in [0.1, 0.15) is 16.7 Å². The number of nitriles is 1. The van der Waals surface area contributed by atoms with Crippen molar-refractivity contribution in [1.82, 2.24) is 14.5 Å². The zero-order chi connectivity index (χ0) is 15.5. The van der Waals surface area contributed by atoms with Gasteiger partial charge in [-0.1, -0.05) is 0 Å². The monoisotopic (exact) mass is 304 g/mol. The summed E-state index contributed by atoms with van der Waals surface area (Å²) in [7, 11) is -1.75. The first-order valence-electron chi connectivity index (χ1n) is 6.40. The van der Waals surface area contributed by atoms with E-state index in [4.69, 9.17) is 5.26 Å². The van der Waals surface area contributed by atoms with Crippen molar-refractivity contribution >= 4 is 10.0 Å². The lowest BCUT2D eigenvalue weighted by molar-refractivity contribution is 0.581. The van der Waals surface area contributed by atoms with Crippen LogP contribution in [0.4, 0.5) is 0 Å². The number of nitrogens with one attached hydrogen (secondary N) is 1. The fourth-order valence-corrected chi connectivity index (χ4v) is 3.06. The van der Waals surface area contributed by atoms with Gasteiger partial charge in [0, 0.05) is 19.8 Å². The number of aromatic nitrogens is 2. The summed E-state index contributed by atoms with van der Waals surface area (Å²) in [4.78, 5) is 0.171. The summed E-state index contributed by atoms with van der Waals surface area (Å²) in [5, 5.41) is 12.9. The van der Waals surface area contributed by atoms with Gasteiger partial charge in [0.15, 0.2) is 0 Å². The number of sulfonamides is 1. The molecule has 0 fully saturated rings. The molecule has 0 spiro atoms. The van der Waals surface area contributed by atoms with E-state index in [0.717, 1.165) is 5.56 Å². The van der Waals surface area contributed by atoms with E-state index < -0.39 is 10.0 Å². The summed E-state index contributed by atoms with van der Waals surface area (Å²) < 4.78 is 28.6. The Morgan fingerprint density at radius 3 is 2.76 bits per heavy atom. The molecule has 7 heteroatoms. The van der Waals surface area contributed by atoms with Crippen LogP contribution in [0.25, 0.3) is 0 Å². The van der Waals surface area contributed by atoms with Crippen molar-refractivity contribution in [1.29, 1.82) is 5.26 Å². The molecular formula is C14H16N4O2S. The zero-order valence-corrected chi connectivity index (χ0v) is 12.7. The smallest absolute Gasteiger partial charge is 0.240 e. The maximum atomic E-state index is 12.2. The van der Waals surface area contributed by atoms with Crippen LogP contribution < -0.4 is 4.72 Å². The van der Waals surface area contributed by atoms with Crippen LogP contribution in [0, 0.1) is 18.3 Å². The van der Waals surface area contributed by atoms with Crippen LogP contribution in [0.5, 0.6) is 0 Å². The Morgan fingerprint density at radius 2 is 2.19 bits per heavy atom. The van der Waals surface area contributed by atoms with Crippen LogP contribution in [-0.4, -0.2) is 24.7 Å². The molecule has 2 rings (SSSR count). The lowest BCUT2D eigenvalue weighted by Crippen LogP contribution is -2.26. The summed E-state index contributed by atoms with van der Waals surface area (Å²) in [5.74, 6) is 0. The largest absolute Gasteiger partial charge is 0.276 e. The van der Waals surface area contributed by atoms with Crippen LogP contribution in [0.2, 0.25) is 0 Å². The number of hydrogen-bond acceptors (Lipinski definition) is 4. The summed E-state index contributed by atoms with van der Waals surface area (Å²) in [6, 6.07) is 6.48. The predicted molar refractivity (Wildman–Crippen MR) is 78.0 cm³/mol. The highest BCUT2D eigenvalue weighted by Crippen LogP contribution is 2.14. The van der Waals surface area contributed by atoms with Gasteiger partial charge in [-0.25, -0.2) is 13.1 Å². The van der Waals surface area contributed by atoms with Crippen molar-refractivity contribution < 1.29 is 8.42 Å². The van der Waals surface area contributed by atoms with Crippen LogP contribution >= 0.6 is 0 Å². The van der Waals surface area contributed by atoms with Gasteiger partial charge in [0.05, 0.1) is 22.7 Å². The minimum Gasteiger partial charge on any atom is -0.276 e. The van der Waals surface area contributed by atoms with Crippen molar-refractivity contribution in [2.75, 3.05) is 6.54 Å². The van der Waals surface area contributed by atoms with Gasteiger partial charge >= 0.3 is 0 Å². The van der Waals surface area contributed by atoms with Gasteiger partial charge in [0.25, 0.3) is 0 Å². The van der Waals surface area contributed by atoms with E-state index in [-0.39, 0.29) is 4.90 Å². The fourth-order valence-electron chi connectivity index (χ4n) is 1.94. The highest BCUT2D eigenvalue weighted by atomic mass is 32.2. The first-order valence-corrected chi connectivity index (χ1v) is 7.88. The van der Waals surface area contributed by atoms with Gasteiger partial charge in [-0.3, -0.25) is 4.68 Å². The van der Waals surface area contributed by atoms with Gasteiger partial charge < -0.3 is 0 Å². The van der Waals surface area contributed by atoms with Crippen LogP contribution in [-0.2, 0) is 23.5 Å². The molecule has 1 aromatic heterocycles. The SMILES string of the molecule is Cc1cc(S(=O)(=O)NCCc2cnn(C)c2)ccc1C#N. The molecule has 2 aromatic rings. The Balaban J connectivity index is 2.05. The molecule has 0 aliphatic rings. The second-order valence-electron chi connectivity index (χ2n) is 4.76. The van der Waals surface area contributed by atoms with Gasteiger partial charge in [-0.15, -0.1) is 0 Å². The summed E-state index contributed by atoms with van der Waals surface area (Å²) in [6.07, 6.45) is 4.13. The molecule has 0 bridgehead atoms. The topological polar surface area (TPSA) is 87.8 Å². The fraction of sp³-hybridized carbons (Fsp3) is 0.286. The maximum absolute atomic E-state index is 12.2. The average molecular weight is 304 g/mol. The Labute approximate surface area is 124 Å². The van der Waals surface area contributed by atoms with Crippen LogP contribution in [0.3, 0.4) is 0 Å². The molecule has 1 N–H and O–H groups in total. The minimum absolute atomic E-state index is 0.171. The third kappa shape index (κ3) is 3.68. The third-order valence-electron chi connectivity index (χ3n) is 3.09. The lowest BCUT2D eigenvalue weighted by atomic mass is 10.1.